The first-order valence-electron chi connectivity index (χ1n) is 10.6. The van der Waals surface area contributed by atoms with Gasteiger partial charge in [-0.05, 0) is 54.1 Å². The summed E-state index contributed by atoms with van der Waals surface area (Å²) in [6, 6.07) is 22.1. The average molecular weight is 459 g/mol. The Bertz CT molecular complexity index is 1460. The molecule has 0 atom stereocenters. The van der Waals surface area contributed by atoms with Gasteiger partial charge in [0.2, 0.25) is 0 Å². The number of aromatic nitrogens is 1. The van der Waals surface area contributed by atoms with Crippen molar-refractivity contribution in [3.63, 3.8) is 0 Å². The molecule has 5 rings (SSSR count). The number of pyridine rings is 1. The normalized spacial score (nSPS) is 13.8. The molecule has 7 heteroatoms. The molecule has 1 aliphatic heterocycles. The highest BCUT2D eigenvalue weighted by Gasteiger charge is 2.22. The number of benzene rings is 3. The Morgan fingerprint density at radius 1 is 0.970 bits per heavy atom. The average Bonchev–Trinajstić information content (AvgIpc) is 3.05. The number of rotatable bonds is 3. The monoisotopic (exact) mass is 458 g/mol. The maximum atomic E-state index is 13.1. The van der Waals surface area contributed by atoms with E-state index in [4.69, 9.17) is 4.74 Å². The van der Waals surface area contributed by atoms with Crippen LogP contribution in [-0.4, -0.2) is 43.6 Å². The van der Waals surface area contributed by atoms with Crippen molar-refractivity contribution in [2.75, 3.05) is 19.4 Å². The van der Waals surface area contributed by atoms with Crippen molar-refractivity contribution in [3.05, 3.63) is 90.1 Å². The van der Waals surface area contributed by atoms with Gasteiger partial charge in [-0.15, -0.1) is 0 Å². The van der Waals surface area contributed by atoms with Crippen molar-refractivity contribution in [1.29, 1.82) is 0 Å². The molecule has 0 bridgehead atoms. The van der Waals surface area contributed by atoms with Crippen molar-refractivity contribution in [3.8, 4) is 16.9 Å². The van der Waals surface area contributed by atoms with Crippen LogP contribution in [0.3, 0.4) is 0 Å². The molecule has 3 aromatic carbocycles. The van der Waals surface area contributed by atoms with Crippen LogP contribution in [0.5, 0.6) is 5.75 Å². The van der Waals surface area contributed by atoms with E-state index in [1.807, 2.05) is 48.7 Å². The summed E-state index contributed by atoms with van der Waals surface area (Å²) in [4.78, 5) is 19.6. The van der Waals surface area contributed by atoms with E-state index in [1.54, 1.807) is 17.0 Å². The largest absolute Gasteiger partial charge is 0.491 e. The SMILES string of the molecule is CS(=O)(=O)c1ccc(C(=O)N2CCOc3ccc(-c4cnc5ccccc5c4)cc3C2)cc1. The molecule has 1 aliphatic rings. The van der Waals surface area contributed by atoms with Crippen LogP contribution in [-0.2, 0) is 16.4 Å². The summed E-state index contributed by atoms with van der Waals surface area (Å²) < 4.78 is 29.3. The quantitative estimate of drug-likeness (QED) is 0.457. The number of ether oxygens (including phenoxy) is 1. The van der Waals surface area contributed by atoms with Crippen molar-refractivity contribution in [2.24, 2.45) is 0 Å². The Hall–Kier alpha value is -3.71. The van der Waals surface area contributed by atoms with E-state index in [1.165, 1.54) is 12.1 Å². The van der Waals surface area contributed by atoms with E-state index < -0.39 is 9.84 Å². The molecule has 0 aliphatic carbocycles. The highest BCUT2D eigenvalue weighted by molar-refractivity contribution is 7.90. The van der Waals surface area contributed by atoms with Crippen LogP contribution in [0.15, 0.2) is 83.9 Å². The second-order valence-corrected chi connectivity index (χ2v) is 10.1. The Kier molecular flexibility index (Phi) is 5.34. The number of hydrogen-bond acceptors (Lipinski definition) is 5. The molecule has 0 radical (unpaired) electrons. The minimum Gasteiger partial charge on any atom is -0.491 e. The maximum Gasteiger partial charge on any atom is 0.254 e. The van der Waals surface area contributed by atoms with Crippen LogP contribution in [0.25, 0.3) is 22.0 Å². The van der Waals surface area contributed by atoms with Crippen LogP contribution >= 0.6 is 0 Å². The Morgan fingerprint density at radius 3 is 2.55 bits per heavy atom. The van der Waals surface area contributed by atoms with Crippen LogP contribution in [0.4, 0.5) is 0 Å². The second kappa shape index (κ2) is 8.33. The Balaban J connectivity index is 1.43. The lowest BCUT2D eigenvalue weighted by molar-refractivity contribution is 0.0733. The van der Waals surface area contributed by atoms with Crippen molar-refractivity contribution >= 4 is 26.6 Å². The van der Waals surface area contributed by atoms with Gasteiger partial charge >= 0.3 is 0 Å². The predicted octanol–water partition coefficient (Wildman–Crippen LogP) is 4.34. The third kappa shape index (κ3) is 4.32. The second-order valence-electron chi connectivity index (χ2n) is 8.11. The van der Waals surface area contributed by atoms with Crippen LogP contribution in [0.2, 0.25) is 0 Å². The number of carbonyl (C=O) groups is 1. The van der Waals surface area contributed by atoms with Gasteiger partial charge in [0.25, 0.3) is 5.91 Å². The van der Waals surface area contributed by atoms with Crippen LogP contribution < -0.4 is 4.74 Å². The van der Waals surface area contributed by atoms with E-state index in [9.17, 15) is 13.2 Å². The minimum atomic E-state index is -3.31. The fourth-order valence-corrected chi connectivity index (χ4v) is 4.63. The van der Waals surface area contributed by atoms with Crippen molar-refractivity contribution < 1.29 is 17.9 Å². The maximum absolute atomic E-state index is 13.1. The molecule has 1 aromatic heterocycles. The molecule has 33 heavy (non-hydrogen) atoms. The molecule has 0 fully saturated rings. The van der Waals surface area contributed by atoms with Gasteiger partial charge in [-0.1, -0.05) is 24.3 Å². The van der Waals surface area contributed by atoms with E-state index in [0.717, 1.165) is 39.6 Å². The topological polar surface area (TPSA) is 76.6 Å². The summed E-state index contributed by atoms with van der Waals surface area (Å²) in [7, 11) is -3.31. The van der Waals surface area contributed by atoms with Gasteiger partial charge in [-0.2, -0.15) is 0 Å². The summed E-state index contributed by atoms with van der Waals surface area (Å²) in [6.45, 7) is 1.22. The predicted molar refractivity (Wildman–Crippen MR) is 127 cm³/mol. The zero-order chi connectivity index (χ0) is 23.0. The highest BCUT2D eigenvalue weighted by atomic mass is 32.2. The summed E-state index contributed by atoms with van der Waals surface area (Å²) in [5.74, 6) is 0.597. The first kappa shape index (κ1) is 21.2. The van der Waals surface area contributed by atoms with Crippen LogP contribution in [0.1, 0.15) is 15.9 Å². The molecular formula is C26H22N2O4S. The number of sulfone groups is 1. The molecule has 4 aromatic rings. The van der Waals surface area contributed by atoms with E-state index >= 15 is 0 Å². The van der Waals surface area contributed by atoms with Gasteiger partial charge in [0, 0.05) is 41.1 Å². The van der Waals surface area contributed by atoms with E-state index in [0.29, 0.717) is 25.3 Å². The third-order valence-electron chi connectivity index (χ3n) is 5.78. The Labute approximate surface area is 192 Å². The summed E-state index contributed by atoms with van der Waals surface area (Å²) in [5.41, 5.74) is 4.30. The van der Waals surface area contributed by atoms with Crippen LogP contribution in [0, 0.1) is 0 Å². The zero-order valence-corrected chi connectivity index (χ0v) is 18.9. The van der Waals surface area contributed by atoms with E-state index in [2.05, 4.69) is 11.1 Å². The smallest absolute Gasteiger partial charge is 0.254 e. The molecule has 0 N–H and O–H groups in total. The van der Waals surface area contributed by atoms with Crippen molar-refractivity contribution in [1.82, 2.24) is 9.88 Å². The summed E-state index contributed by atoms with van der Waals surface area (Å²) >= 11 is 0. The van der Waals surface area contributed by atoms with Gasteiger partial charge in [0.05, 0.1) is 17.0 Å². The molecule has 6 nitrogen and oxygen atoms in total. The standard InChI is InChI=1S/C26H22N2O4S/c1-33(30,31)23-9-6-18(7-10-23)26(29)28-12-13-32-25-11-8-19(14-22(25)17-28)21-15-20-4-2-3-5-24(20)27-16-21/h2-11,14-16H,12-13,17H2,1H3. The number of nitrogens with zero attached hydrogens (tertiary/aromatic N) is 2. The highest BCUT2D eigenvalue weighted by Crippen LogP contribution is 2.30. The molecular weight excluding hydrogens is 436 g/mol. The number of para-hydroxylation sites is 1. The first-order chi connectivity index (χ1) is 15.9. The van der Waals surface area contributed by atoms with Gasteiger partial charge in [0.1, 0.15) is 12.4 Å². The molecule has 166 valence electrons. The summed E-state index contributed by atoms with van der Waals surface area (Å²) in [5, 5.41) is 1.07. The first-order valence-corrected chi connectivity index (χ1v) is 12.5. The summed E-state index contributed by atoms with van der Waals surface area (Å²) in [6.07, 6.45) is 3.00. The van der Waals surface area contributed by atoms with Gasteiger partial charge in [-0.3, -0.25) is 9.78 Å². The molecule has 0 saturated carbocycles. The fourth-order valence-electron chi connectivity index (χ4n) is 4.00. The minimum absolute atomic E-state index is 0.163. The molecule has 2 heterocycles. The molecule has 1 amide bonds. The third-order valence-corrected chi connectivity index (χ3v) is 6.91. The molecule has 0 spiro atoms. The van der Waals surface area contributed by atoms with E-state index in [-0.39, 0.29) is 10.8 Å². The van der Waals surface area contributed by atoms with Gasteiger partial charge < -0.3 is 9.64 Å². The molecule has 0 saturated heterocycles. The number of hydrogen-bond donors (Lipinski definition) is 0. The Morgan fingerprint density at radius 2 is 1.76 bits per heavy atom. The zero-order valence-electron chi connectivity index (χ0n) is 18.1. The lowest BCUT2D eigenvalue weighted by Crippen LogP contribution is -2.32. The number of amides is 1. The molecule has 0 unspecified atom stereocenters. The van der Waals surface area contributed by atoms with Gasteiger partial charge in [-0.25, -0.2) is 8.42 Å². The van der Waals surface area contributed by atoms with Gasteiger partial charge in [0.15, 0.2) is 9.84 Å². The number of carbonyl (C=O) groups excluding carboxylic acids is 1. The fraction of sp³-hybridized carbons (Fsp3) is 0.154. The lowest BCUT2D eigenvalue weighted by Gasteiger charge is -2.20. The van der Waals surface area contributed by atoms with Crippen molar-refractivity contribution in [2.45, 2.75) is 11.4 Å². The number of fused-ring (bicyclic) bond motifs is 2. The lowest BCUT2D eigenvalue weighted by atomic mass is 10.0.